The minimum atomic E-state index is -0.314. The first kappa shape index (κ1) is 25.0. The van der Waals surface area contributed by atoms with Crippen molar-refractivity contribution in [3.05, 3.63) is 70.9 Å². The van der Waals surface area contributed by atoms with E-state index < -0.39 is 0 Å². The van der Waals surface area contributed by atoms with Crippen LogP contribution in [-0.4, -0.2) is 47.0 Å². The number of nitrogens with zero attached hydrogens (tertiary/aromatic N) is 3. The zero-order chi connectivity index (χ0) is 24.5. The summed E-state index contributed by atoms with van der Waals surface area (Å²) in [6.07, 6.45) is 2.33. The van der Waals surface area contributed by atoms with E-state index in [1.54, 1.807) is 49.5 Å². The number of amides is 1. The lowest BCUT2D eigenvalue weighted by Gasteiger charge is -2.17. The predicted molar refractivity (Wildman–Crippen MR) is 127 cm³/mol. The molecule has 180 valence electrons. The number of ether oxygens (including phenoxy) is 2. The smallest absolute Gasteiger partial charge is 0.254 e. The first-order valence-electron chi connectivity index (χ1n) is 11.6. The molecule has 0 aliphatic carbocycles. The molecule has 1 amide bonds. The molecule has 1 heterocycles. The van der Waals surface area contributed by atoms with E-state index in [1.165, 1.54) is 4.90 Å². The number of carbonyl (C=O) groups excluding carboxylic acids is 2. The molecule has 0 atom stereocenters. The molecule has 0 aliphatic rings. The Labute approximate surface area is 199 Å². The highest BCUT2D eigenvalue weighted by Gasteiger charge is 2.23. The molecule has 0 fully saturated rings. The molecule has 0 spiro atoms. The lowest BCUT2D eigenvalue weighted by Crippen LogP contribution is -2.28. The van der Waals surface area contributed by atoms with Crippen molar-refractivity contribution in [3.63, 3.8) is 0 Å². The van der Waals surface area contributed by atoms with Crippen molar-refractivity contribution in [3.8, 4) is 11.5 Å². The summed E-state index contributed by atoms with van der Waals surface area (Å²) < 4.78 is 16.8. The van der Waals surface area contributed by atoms with Crippen molar-refractivity contribution in [2.75, 3.05) is 20.3 Å². The van der Waals surface area contributed by atoms with E-state index in [-0.39, 0.29) is 18.2 Å². The second-order valence-corrected chi connectivity index (χ2v) is 7.85. The summed E-state index contributed by atoms with van der Waals surface area (Å²) in [6.45, 7) is 7.17. The molecule has 0 radical (unpaired) electrons. The molecule has 3 aromatic rings. The topological polar surface area (TPSA) is 94.8 Å². The van der Waals surface area contributed by atoms with Gasteiger partial charge in [-0.3, -0.25) is 9.59 Å². The van der Waals surface area contributed by atoms with Crippen LogP contribution < -0.4 is 9.47 Å². The monoisotopic (exact) mass is 465 g/mol. The highest BCUT2D eigenvalue weighted by Crippen LogP contribution is 2.30. The molecule has 8 nitrogen and oxygen atoms in total. The van der Waals surface area contributed by atoms with Crippen molar-refractivity contribution < 1.29 is 23.6 Å². The fraction of sp³-hybridized carbons (Fsp3) is 0.385. The minimum absolute atomic E-state index is 0.146. The Kier molecular flexibility index (Phi) is 8.79. The third-order valence-electron chi connectivity index (χ3n) is 5.08. The summed E-state index contributed by atoms with van der Waals surface area (Å²) in [7, 11) is 1.63. The first-order valence-corrected chi connectivity index (χ1v) is 11.6. The van der Waals surface area contributed by atoms with Crippen LogP contribution in [0.3, 0.4) is 0 Å². The SMILES string of the molecule is CCCOc1ccc(C(=O)c2ccccc2C(=O)N(C)Cc2nc(CC)no2)cc1OCCC. The molecule has 8 heteroatoms. The van der Waals surface area contributed by atoms with Crippen molar-refractivity contribution in [1.29, 1.82) is 0 Å². The van der Waals surface area contributed by atoms with Gasteiger partial charge in [0.15, 0.2) is 23.1 Å². The van der Waals surface area contributed by atoms with Crippen LogP contribution in [0.4, 0.5) is 0 Å². The van der Waals surface area contributed by atoms with Crippen LogP contribution in [0, 0.1) is 0 Å². The Balaban J connectivity index is 1.86. The standard InChI is InChI=1S/C26H31N3O5/c1-5-14-32-21-13-12-18(16-22(21)33-15-6-2)25(30)19-10-8-9-11-20(19)26(31)29(4)17-24-27-23(7-3)28-34-24/h8-13,16H,5-7,14-15,17H2,1-4H3. The molecule has 0 saturated heterocycles. The average molecular weight is 466 g/mol. The van der Waals surface area contributed by atoms with Crippen LogP contribution in [0.15, 0.2) is 47.0 Å². The van der Waals surface area contributed by atoms with Crippen molar-refractivity contribution >= 4 is 11.7 Å². The van der Waals surface area contributed by atoms with Gasteiger partial charge in [0.1, 0.15) is 0 Å². The number of carbonyl (C=O) groups is 2. The summed E-state index contributed by atoms with van der Waals surface area (Å²) >= 11 is 0. The van der Waals surface area contributed by atoms with Crippen molar-refractivity contribution in [1.82, 2.24) is 15.0 Å². The fourth-order valence-electron chi connectivity index (χ4n) is 3.31. The lowest BCUT2D eigenvalue weighted by atomic mass is 9.97. The number of aromatic nitrogens is 2. The van der Waals surface area contributed by atoms with Gasteiger partial charge in [0.2, 0.25) is 5.89 Å². The second kappa shape index (κ2) is 12.0. The van der Waals surface area contributed by atoms with Gasteiger partial charge < -0.3 is 18.9 Å². The molecule has 0 aliphatic heterocycles. The largest absolute Gasteiger partial charge is 0.490 e. The summed E-state index contributed by atoms with van der Waals surface area (Å²) in [5.74, 6) is 1.46. The zero-order valence-electron chi connectivity index (χ0n) is 20.2. The number of aryl methyl sites for hydroxylation is 1. The maximum absolute atomic E-state index is 13.4. The molecule has 34 heavy (non-hydrogen) atoms. The van der Waals surface area contributed by atoms with Crippen LogP contribution in [0.5, 0.6) is 11.5 Å². The van der Waals surface area contributed by atoms with Gasteiger partial charge >= 0.3 is 0 Å². The normalized spacial score (nSPS) is 10.7. The summed E-state index contributed by atoms with van der Waals surface area (Å²) in [5, 5.41) is 3.86. The molecule has 0 N–H and O–H groups in total. The van der Waals surface area contributed by atoms with Crippen LogP contribution in [-0.2, 0) is 13.0 Å². The van der Waals surface area contributed by atoms with E-state index in [4.69, 9.17) is 14.0 Å². The van der Waals surface area contributed by atoms with Crippen LogP contribution in [0.25, 0.3) is 0 Å². The van der Waals surface area contributed by atoms with E-state index in [0.29, 0.717) is 59.5 Å². The molecule has 2 aromatic carbocycles. The average Bonchev–Trinajstić information content (AvgIpc) is 3.33. The summed E-state index contributed by atoms with van der Waals surface area (Å²) in [6, 6.07) is 11.9. The Hall–Kier alpha value is -3.68. The Morgan fingerprint density at radius 1 is 0.941 bits per heavy atom. The molecule has 0 saturated carbocycles. The van der Waals surface area contributed by atoms with Gasteiger partial charge in [-0.1, -0.05) is 44.1 Å². The number of hydrogen-bond donors (Lipinski definition) is 0. The Bertz CT molecular complexity index is 1130. The number of benzene rings is 2. The maximum atomic E-state index is 13.4. The first-order chi connectivity index (χ1) is 16.5. The Morgan fingerprint density at radius 3 is 2.26 bits per heavy atom. The second-order valence-electron chi connectivity index (χ2n) is 7.85. The van der Waals surface area contributed by atoms with Gasteiger partial charge in [0, 0.05) is 24.6 Å². The van der Waals surface area contributed by atoms with E-state index in [1.807, 2.05) is 20.8 Å². The number of ketones is 1. The highest BCUT2D eigenvalue weighted by atomic mass is 16.5. The van der Waals surface area contributed by atoms with Crippen molar-refractivity contribution in [2.45, 2.75) is 46.6 Å². The summed E-state index contributed by atoms with van der Waals surface area (Å²) in [5.41, 5.74) is 1.03. The van der Waals surface area contributed by atoms with Crippen molar-refractivity contribution in [2.24, 2.45) is 0 Å². The maximum Gasteiger partial charge on any atom is 0.254 e. The number of rotatable bonds is 12. The predicted octanol–water partition coefficient (Wildman–Crippen LogP) is 4.71. The molecular weight excluding hydrogens is 434 g/mol. The van der Waals surface area contributed by atoms with Gasteiger partial charge in [0.05, 0.1) is 25.3 Å². The molecular formula is C26H31N3O5. The fourth-order valence-corrected chi connectivity index (χ4v) is 3.31. The lowest BCUT2D eigenvalue weighted by molar-refractivity contribution is 0.0765. The van der Waals surface area contributed by atoms with E-state index in [0.717, 1.165) is 12.8 Å². The highest BCUT2D eigenvalue weighted by molar-refractivity contribution is 6.15. The van der Waals surface area contributed by atoms with E-state index in [9.17, 15) is 9.59 Å². The minimum Gasteiger partial charge on any atom is -0.490 e. The molecule has 1 aromatic heterocycles. The molecule has 3 rings (SSSR count). The molecule has 0 unspecified atom stereocenters. The van der Waals surface area contributed by atoms with Crippen LogP contribution >= 0.6 is 0 Å². The van der Waals surface area contributed by atoms with Crippen LogP contribution in [0.2, 0.25) is 0 Å². The van der Waals surface area contributed by atoms with Gasteiger partial charge in [0.25, 0.3) is 5.91 Å². The summed E-state index contributed by atoms with van der Waals surface area (Å²) in [4.78, 5) is 32.3. The third kappa shape index (κ3) is 6.01. The Morgan fingerprint density at radius 2 is 1.62 bits per heavy atom. The van der Waals surface area contributed by atoms with E-state index >= 15 is 0 Å². The van der Waals surface area contributed by atoms with Gasteiger partial charge in [-0.05, 0) is 37.1 Å². The van der Waals surface area contributed by atoms with Gasteiger partial charge in [-0.25, -0.2) is 0 Å². The van der Waals surface area contributed by atoms with E-state index in [2.05, 4.69) is 10.1 Å². The number of hydrogen-bond acceptors (Lipinski definition) is 7. The van der Waals surface area contributed by atoms with Gasteiger partial charge in [-0.2, -0.15) is 4.98 Å². The zero-order valence-corrected chi connectivity index (χ0v) is 20.2. The molecule has 0 bridgehead atoms. The quantitative estimate of drug-likeness (QED) is 0.357. The van der Waals surface area contributed by atoms with Crippen LogP contribution in [0.1, 0.15) is 71.6 Å². The third-order valence-corrected chi connectivity index (χ3v) is 5.08. The van der Waals surface area contributed by atoms with Gasteiger partial charge in [-0.15, -0.1) is 0 Å².